The molecule has 0 aliphatic carbocycles. The van der Waals surface area contributed by atoms with E-state index >= 15 is 0 Å². The molecule has 0 fully saturated rings. The smallest absolute Gasteiger partial charge is 0.126 e. The molecule has 0 bridgehead atoms. The summed E-state index contributed by atoms with van der Waals surface area (Å²) in [5.74, 6) is 1.09. The molecule has 0 radical (unpaired) electrons. The van der Waals surface area contributed by atoms with E-state index in [1.807, 2.05) is 30.2 Å². The van der Waals surface area contributed by atoms with Gasteiger partial charge in [0.1, 0.15) is 5.82 Å². The maximum Gasteiger partial charge on any atom is 0.126 e. The van der Waals surface area contributed by atoms with Gasteiger partial charge in [0.15, 0.2) is 0 Å². The number of aryl methyl sites for hydroxylation is 2. The normalized spacial score (nSPS) is 12.9. The third kappa shape index (κ3) is 2.69. The monoisotopic (exact) mass is 283 g/mol. The van der Waals surface area contributed by atoms with Crippen LogP contribution in [0.4, 0.5) is 0 Å². The van der Waals surface area contributed by atoms with Crippen LogP contribution in [0, 0.1) is 0 Å². The lowest BCUT2D eigenvalue weighted by Gasteiger charge is -2.14. The highest BCUT2D eigenvalue weighted by Gasteiger charge is 2.15. The summed E-state index contributed by atoms with van der Waals surface area (Å²) in [4.78, 5) is 4.78. The molecule has 0 spiro atoms. The molecule has 0 amide bonds. The average Bonchev–Trinajstić information content (AvgIpc) is 3.07. The highest BCUT2D eigenvalue weighted by Crippen LogP contribution is 2.20. The van der Waals surface area contributed by atoms with Crippen molar-refractivity contribution in [2.75, 3.05) is 0 Å². The van der Waals surface area contributed by atoms with E-state index in [0.29, 0.717) is 0 Å². The Bertz CT molecular complexity index is 740. The molecule has 5 nitrogen and oxygen atoms in total. The molecule has 0 aliphatic rings. The predicted molar refractivity (Wildman–Crippen MR) is 83.9 cm³/mol. The van der Waals surface area contributed by atoms with Crippen LogP contribution < -0.4 is 5.32 Å². The lowest BCUT2D eigenvalue weighted by atomic mass is 10.2. The maximum absolute atomic E-state index is 4.78. The number of benzene rings is 1. The van der Waals surface area contributed by atoms with E-state index in [1.54, 1.807) is 0 Å². The van der Waals surface area contributed by atoms with Crippen molar-refractivity contribution >= 4 is 11.0 Å². The van der Waals surface area contributed by atoms with Crippen molar-refractivity contribution in [2.45, 2.75) is 33.0 Å². The van der Waals surface area contributed by atoms with E-state index in [0.717, 1.165) is 24.4 Å². The Morgan fingerprint density at radius 1 is 1.29 bits per heavy atom. The van der Waals surface area contributed by atoms with Gasteiger partial charge in [-0.05, 0) is 26.0 Å². The fourth-order valence-electron chi connectivity index (χ4n) is 2.68. The van der Waals surface area contributed by atoms with Gasteiger partial charge in [-0.3, -0.25) is 4.68 Å². The Hall–Kier alpha value is -2.14. The highest BCUT2D eigenvalue weighted by atomic mass is 15.2. The Morgan fingerprint density at radius 2 is 2.10 bits per heavy atom. The summed E-state index contributed by atoms with van der Waals surface area (Å²) >= 11 is 0. The van der Waals surface area contributed by atoms with E-state index in [9.17, 15) is 0 Å². The van der Waals surface area contributed by atoms with Crippen LogP contribution in [-0.4, -0.2) is 19.3 Å². The van der Waals surface area contributed by atoms with E-state index in [2.05, 4.69) is 47.0 Å². The number of imidazole rings is 1. The molecule has 5 heteroatoms. The van der Waals surface area contributed by atoms with Crippen LogP contribution in [0.2, 0.25) is 0 Å². The first kappa shape index (κ1) is 13.8. The predicted octanol–water partition coefficient (Wildman–Crippen LogP) is 2.64. The van der Waals surface area contributed by atoms with Gasteiger partial charge in [-0.25, -0.2) is 4.98 Å². The van der Waals surface area contributed by atoms with Gasteiger partial charge in [-0.1, -0.05) is 12.1 Å². The van der Waals surface area contributed by atoms with Gasteiger partial charge in [0.05, 0.1) is 23.3 Å². The molecule has 3 aromatic rings. The molecule has 110 valence electrons. The molecule has 0 saturated carbocycles. The number of rotatable bonds is 5. The lowest BCUT2D eigenvalue weighted by molar-refractivity contribution is 0.521. The van der Waals surface area contributed by atoms with Crippen molar-refractivity contribution < 1.29 is 0 Å². The van der Waals surface area contributed by atoms with Crippen molar-refractivity contribution in [1.82, 2.24) is 24.6 Å². The zero-order valence-electron chi connectivity index (χ0n) is 12.7. The maximum atomic E-state index is 4.78. The molecule has 0 saturated heterocycles. The van der Waals surface area contributed by atoms with Crippen molar-refractivity contribution in [3.05, 3.63) is 48.0 Å². The molecular weight excluding hydrogens is 262 g/mol. The topological polar surface area (TPSA) is 47.7 Å². The van der Waals surface area contributed by atoms with Gasteiger partial charge >= 0.3 is 0 Å². The summed E-state index contributed by atoms with van der Waals surface area (Å²) in [6.07, 6.45) is 3.92. The molecule has 0 aliphatic heterocycles. The second-order valence-corrected chi connectivity index (χ2v) is 5.33. The van der Waals surface area contributed by atoms with Gasteiger partial charge in [0, 0.05) is 31.9 Å². The zero-order valence-corrected chi connectivity index (χ0v) is 12.7. The van der Waals surface area contributed by atoms with Crippen molar-refractivity contribution in [3.63, 3.8) is 0 Å². The number of para-hydroxylation sites is 2. The summed E-state index contributed by atoms with van der Waals surface area (Å²) in [7, 11) is 1.93. The molecule has 21 heavy (non-hydrogen) atoms. The Balaban J connectivity index is 1.82. The summed E-state index contributed by atoms with van der Waals surface area (Å²) < 4.78 is 4.10. The summed E-state index contributed by atoms with van der Waals surface area (Å²) in [6.45, 7) is 6.03. The van der Waals surface area contributed by atoms with E-state index in [4.69, 9.17) is 4.98 Å². The van der Waals surface area contributed by atoms with Crippen molar-refractivity contribution in [1.29, 1.82) is 0 Å². The molecule has 1 unspecified atom stereocenters. The number of nitrogens with zero attached hydrogens (tertiary/aromatic N) is 4. The summed E-state index contributed by atoms with van der Waals surface area (Å²) in [5.41, 5.74) is 3.44. The Kier molecular flexibility index (Phi) is 3.75. The van der Waals surface area contributed by atoms with Crippen LogP contribution >= 0.6 is 0 Å². The van der Waals surface area contributed by atoms with Crippen LogP contribution in [0.25, 0.3) is 11.0 Å². The fraction of sp³-hybridized carbons (Fsp3) is 0.375. The van der Waals surface area contributed by atoms with Gasteiger partial charge in [-0.2, -0.15) is 5.10 Å². The lowest BCUT2D eigenvalue weighted by Crippen LogP contribution is -2.21. The van der Waals surface area contributed by atoms with Crippen LogP contribution in [0.3, 0.4) is 0 Å². The standard InChI is InChI=1S/C16H21N5/c1-4-21-15-8-6-5-7-14(15)19-16(21)12(2)17-9-13-10-18-20(3)11-13/h5-8,10-12,17H,4,9H2,1-3H3. The average molecular weight is 283 g/mol. The van der Waals surface area contributed by atoms with Crippen LogP contribution in [0.15, 0.2) is 36.7 Å². The molecule has 1 N–H and O–H groups in total. The van der Waals surface area contributed by atoms with Gasteiger partial charge in [0.2, 0.25) is 0 Å². The summed E-state index contributed by atoms with van der Waals surface area (Å²) in [6, 6.07) is 8.49. The van der Waals surface area contributed by atoms with E-state index < -0.39 is 0 Å². The first-order valence-electron chi connectivity index (χ1n) is 7.35. The quantitative estimate of drug-likeness (QED) is 0.783. The number of hydrogen-bond acceptors (Lipinski definition) is 3. The second-order valence-electron chi connectivity index (χ2n) is 5.33. The minimum atomic E-state index is 0.192. The SMILES string of the molecule is CCn1c(C(C)NCc2cnn(C)c2)nc2ccccc21. The van der Waals surface area contributed by atoms with E-state index in [1.165, 1.54) is 11.1 Å². The Labute approximate surface area is 124 Å². The molecule has 3 rings (SSSR count). The Morgan fingerprint density at radius 3 is 2.81 bits per heavy atom. The third-order valence-electron chi connectivity index (χ3n) is 3.76. The zero-order chi connectivity index (χ0) is 14.8. The molecular formula is C16H21N5. The van der Waals surface area contributed by atoms with Crippen molar-refractivity contribution in [2.24, 2.45) is 7.05 Å². The van der Waals surface area contributed by atoms with Crippen LogP contribution in [-0.2, 0) is 20.1 Å². The number of aromatic nitrogens is 4. The minimum Gasteiger partial charge on any atom is -0.327 e. The number of hydrogen-bond donors (Lipinski definition) is 1. The van der Waals surface area contributed by atoms with Gasteiger partial charge in [-0.15, -0.1) is 0 Å². The minimum absolute atomic E-state index is 0.192. The third-order valence-corrected chi connectivity index (χ3v) is 3.76. The van der Waals surface area contributed by atoms with E-state index in [-0.39, 0.29) is 6.04 Å². The fourth-order valence-corrected chi connectivity index (χ4v) is 2.68. The molecule has 2 heterocycles. The van der Waals surface area contributed by atoms with Crippen molar-refractivity contribution in [3.8, 4) is 0 Å². The van der Waals surface area contributed by atoms with Crippen LogP contribution in [0.1, 0.15) is 31.3 Å². The largest absolute Gasteiger partial charge is 0.327 e. The second kappa shape index (κ2) is 5.69. The number of fused-ring (bicyclic) bond motifs is 1. The number of nitrogens with one attached hydrogen (secondary N) is 1. The molecule has 1 aromatic carbocycles. The summed E-state index contributed by atoms with van der Waals surface area (Å²) in [5, 5.41) is 7.72. The first-order chi connectivity index (χ1) is 10.2. The molecule has 1 atom stereocenters. The molecule has 2 aromatic heterocycles. The van der Waals surface area contributed by atoms with Gasteiger partial charge in [0.25, 0.3) is 0 Å². The first-order valence-corrected chi connectivity index (χ1v) is 7.35. The highest BCUT2D eigenvalue weighted by molar-refractivity contribution is 5.76. The van der Waals surface area contributed by atoms with Gasteiger partial charge < -0.3 is 9.88 Å². The van der Waals surface area contributed by atoms with Crippen LogP contribution in [0.5, 0.6) is 0 Å².